The lowest BCUT2D eigenvalue weighted by Gasteiger charge is -2.10. The van der Waals surface area contributed by atoms with E-state index in [1.54, 1.807) is 6.92 Å². The lowest BCUT2D eigenvalue weighted by atomic mass is 10.1. The van der Waals surface area contributed by atoms with Crippen molar-refractivity contribution in [2.24, 2.45) is 0 Å². The van der Waals surface area contributed by atoms with E-state index >= 15 is 0 Å². The predicted molar refractivity (Wildman–Crippen MR) is 75.2 cm³/mol. The number of hydrogen-bond acceptors (Lipinski definition) is 4. The van der Waals surface area contributed by atoms with E-state index in [-0.39, 0.29) is 5.25 Å². The molecule has 0 saturated heterocycles. The second kappa shape index (κ2) is 5.65. The Hall–Kier alpha value is -1.49. The Balaban J connectivity index is 2.14. The third kappa shape index (κ3) is 3.29. The normalized spacial score (nSPS) is 14.3. The molecule has 2 aromatic rings. The van der Waals surface area contributed by atoms with Crippen LogP contribution in [0.5, 0.6) is 0 Å². The average Bonchev–Trinajstić information content (AvgIpc) is 2.79. The van der Waals surface area contributed by atoms with E-state index < -0.39 is 10.8 Å². The van der Waals surface area contributed by atoms with E-state index in [1.165, 1.54) is 5.56 Å². The highest BCUT2D eigenvalue weighted by atomic mass is 32.2. The molecule has 1 heterocycles. The first kappa shape index (κ1) is 13.9. The summed E-state index contributed by atoms with van der Waals surface area (Å²) in [4.78, 5) is 4.14. The van der Waals surface area contributed by atoms with Gasteiger partial charge in [0.25, 0.3) is 0 Å². The molecule has 0 aliphatic rings. The fourth-order valence-corrected chi connectivity index (χ4v) is 3.01. The highest BCUT2D eigenvalue weighted by Gasteiger charge is 2.20. The van der Waals surface area contributed by atoms with Crippen molar-refractivity contribution in [3.05, 3.63) is 46.6 Å². The molecule has 102 valence electrons. The fraction of sp³-hybridized carbons (Fsp3) is 0.429. The van der Waals surface area contributed by atoms with E-state index in [9.17, 15) is 4.21 Å². The Labute approximate surface area is 115 Å². The van der Waals surface area contributed by atoms with Crippen molar-refractivity contribution in [1.82, 2.24) is 10.1 Å². The summed E-state index contributed by atoms with van der Waals surface area (Å²) in [7, 11) is -1.07. The minimum atomic E-state index is -1.07. The number of nitrogens with zero attached hydrogens (tertiary/aromatic N) is 2. The van der Waals surface area contributed by atoms with Gasteiger partial charge in [-0.25, -0.2) is 0 Å². The molecule has 1 aromatic carbocycles. The maximum Gasteiger partial charge on any atom is 0.242 e. The summed E-state index contributed by atoms with van der Waals surface area (Å²) in [6.07, 6.45) is 0. The van der Waals surface area contributed by atoms with Crippen LogP contribution in [0, 0.1) is 20.8 Å². The zero-order valence-corrected chi connectivity index (χ0v) is 12.5. The lowest BCUT2D eigenvalue weighted by molar-refractivity contribution is 0.375. The molecule has 0 unspecified atom stereocenters. The molecule has 0 fully saturated rings. The van der Waals surface area contributed by atoms with Gasteiger partial charge in [-0.3, -0.25) is 4.21 Å². The van der Waals surface area contributed by atoms with E-state index in [0.29, 0.717) is 17.5 Å². The minimum Gasteiger partial charge on any atom is -0.338 e. The van der Waals surface area contributed by atoms with Crippen molar-refractivity contribution < 1.29 is 8.73 Å². The first-order valence-corrected chi connectivity index (χ1v) is 7.59. The molecule has 0 spiro atoms. The van der Waals surface area contributed by atoms with E-state index in [4.69, 9.17) is 4.52 Å². The number of rotatable bonds is 4. The molecule has 0 saturated carbocycles. The molecule has 1 aromatic heterocycles. The van der Waals surface area contributed by atoms with Gasteiger partial charge >= 0.3 is 0 Å². The second-order valence-corrected chi connectivity index (χ2v) is 6.53. The molecule has 0 radical (unpaired) electrons. The van der Waals surface area contributed by atoms with Gasteiger partial charge in [0.05, 0.1) is 0 Å². The fourth-order valence-electron chi connectivity index (χ4n) is 1.82. The molecule has 2 atom stereocenters. The van der Waals surface area contributed by atoms with Gasteiger partial charge in [-0.2, -0.15) is 4.98 Å². The van der Waals surface area contributed by atoms with Crippen LogP contribution in [0.15, 0.2) is 22.7 Å². The molecule has 19 heavy (non-hydrogen) atoms. The highest BCUT2D eigenvalue weighted by Crippen LogP contribution is 2.22. The summed E-state index contributed by atoms with van der Waals surface area (Å²) in [5.41, 5.74) is 3.45. The largest absolute Gasteiger partial charge is 0.338 e. The quantitative estimate of drug-likeness (QED) is 0.862. The van der Waals surface area contributed by atoms with Crippen molar-refractivity contribution >= 4 is 10.8 Å². The summed E-state index contributed by atoms with van der Waals surface area (Å²) in [5.74, 6) is 1.53. The van der Waals surface area contributed by atoms with E-state index in [1.807, 2.05) is 20.8 Å². The first-order valence-electron chi connectivity index (χ1n) is 6.21. The van der Waals surface area contributed by atoms with E-state index in [2.05, 4.69) is 28.3 Å². The molecule has 0 bridgehead atoms. The molecule has 4 nitrogen and oxygen atoms in total. The molecular weight excluding hydrogens is 260 g/mol. The minimum absolute atomic E-state index is 0.249. The van der Waals surface area contributed by atoms with Crippen LogP contribution in [0.25, 0.3) is 0 Å². The smallest absolute Gasteiger partial charge is 0.242 e. The van der Waals surface area contributed by atoms with Crippen LogP contribution in [-0.2, 0) is 16.6 Å². The van der Waals surface area contributed by atoms with Crippen molar-refractivity contribution in [2.45, 2.75) is 38.7 Å². The summed E-state index contributed by atoms with van der Waals surface area (Å²) in [6.45, 7) is 7.69. The molecule has 2 rings (SSSR count). The third-order valence-electron chi connectivity index (χ3n) is 3.09. The Morgan fingerprint density at radius 1 is 1.32 bits per heavy atom. The molecular formula is C14H18N2O2S. The van der Waals surface area contributed by atoms with Crippen LogP contribution in [-0.4, -0.2) is 14.3 Å². The van der Waals surface area contributed by atoms with Crippen molar-refractivity contribution in [3.63, 3.8) is 0 Å². The van der Waals surface area contributed by atoms with Gasteiger partial charge in [-0.1, -0.05) is 28.9 Å². The Morgan fingerprint density at radius 3 is 2.68 bits per heavy atom. The molecule has 5 heteroatoms. The summed E-state index contributed by atoms with van der Waals surface area (Å²) in [5, 5.41) is 3.49. The van der Waals surface area contributed by atoms with Gasteiger partial charge in [0.1, 0.15) is 5.25 Å². The first-order chi connectivity index (χ1) is 8.97. The second-order valence-electron chi connectivity index (χ2n) is 4.78. The van der Waals surface area contributed by atoms with Gasteiger partial charge in [-0.05, 0) is 38.8 Å². The zero-order valence-electron chi connectivity index (χ0n) is 11.6. The summed E-state index contributed by atoms with van der Waals surface area (Å²) >= 11 is 0. The predicted octanol–water partition coefficient (Wildman–Crippen LogP) is 3.00. The highest BCUT2D eigenvalue weighted by molar-refractivity contribution is 7.84. The molecule has 0 amide bonds. The van der Waals surface area contributed by atoms with Gasteiger partial charge in [0, 0.05) is 16.6 Å². The van der Waals surface area contributed by atoms with Gasteiger partial charge < -0.3 is 4.52 Å². The monoisotopic (exact) mass is 278 g/mol. The van der Waals surface area contributed by atoms with Crippen LogP contribution < -0.4 is 0 Å². The van der Waals surface area contributed by atoms with Gasteiger partial charge in [0.2, 0.25) is 5.89 Å². The average molecular weight is 278 g/mol. The summed E-state index contributed by atoms with van der Waals surface area (Å²) in [6, 6.07) is 6.20. The zero-order chi connectivity index (χ0) is 14.0. The van der Waals surface area contributed by atoms with Crippen LogP contribution in [0.3, 0.4) is 0 Å². The molecule has 0 N–H and O–H groups in total. The Kier molecular flexibility index (Phi) is 4.14. The van der Waals surface area contributed by atoms with Crippen molar-refractivity contribution in [2.75, 3.05) is 0 Å². The van der Waals surface area contributed by atoms with Crippen LogP contribution in [0.1, 0.15) is 40.6 Å². The van der Waals surface area contributed by atoms with Crippen molar-refractivity contribution in [3.8, 4) is 0 Å². The van der Waals surface area contributed by atoms with Crippen molar-refractivity contribution in [1.29, 1.82) is 0 Å². The number of hydrogen-bond donors (Lipinski definition) is 0. The summed E-state index contributed by atoms with van der Waals surface area (Å²) < 4.78 is 17.5. The maximum atomic E-state index is 12.4. The Morgan fingerprint density at radius 2 is 2.05 bits per heavy atom. The van der Waals surface area contributed by atoms with Crippen LogP contribution >= 0.6 is 0 Å². The Bertz CT molecular complexity index is 607. The SMILES string of the molecule is Cc1ccc(C)c(C[S@@](=O)[C@H](C)c2nc(C)no2)c1. The molecule has 0 aliphatic carbocycles. The number of aromatic nitrogens is 2. The van der Waals surface area contributed by atoms with Crippen LogP contribution in [0.4, 0.5) is 0 Å². The number of benzene rings is 1. The third-order valence-corrected chi connectivity index (χ3v) is 4.67. The maximum absolute atomic E-state index is 12.4. The lowest BCUT2D eigenvalue weighted by Crippen LogP contribution is -2.07. The van der Waals surface area contributed by atoms with Gasteiger partial charge in [0.15, 0.2) is 5.82 Å². The van der Waals surface area contributed by atoms with Gasteiger partial charge in [-0.15, -0.1) is 0 Å². The molecule has 0 aliphatic heterocycles. The van der Waals surface area contributed by atoms with Crippen LogP contribution in [0.2, 0.25) is 0 Å². The standard InChI is InChI=1S/C14H18N2O2S/c1-9-5-6-10(2)13(7-9)8-19(17)11(3)14-15-12(4)16-18-14/h5-7,11H,8H2,1-4H3/t11-,19-/m1/s1. The topological polar surface area (TPSA) is 56.0 Å². The van der Waals surface area contributed by atoms with E-state index in [0.717, 1.165) is 11.1 Å². The number of aryl methyl sites for hydroxylation is 3.